The average Bonchev–Trinajstić information content (AvgIpc) is 3.15. The first kappa shape index (κ1) is 26.3. The normalized spacial score (nSPS) is 13.9. The van der Waals surface area contributed by atoms with Crippen LogP contribution in [-0.4, -0.2) is 42.3 Å². The minimum Gasteiger partial charge on any atom is -0.481 e. The lowest BCUT2D eigenvalue weighted by Gasteiger charge is -2.17. The van der Waals surface area contributed by atoms with Crippen LogP contribution in [0.5, 0.6) is 0 Å². The van der Waals surface area contributed by atoms with Gasteiger partial charge < -0.3 is 20.5 Å². The Labute approximate surface area is 207 Å². The van der Waals surface area contributed by atoms with Crippen LogP contribution in [-0.2, 0) is 14.3 Å². The number of carbonyl (C=O) groups excluding carboxylic acids is 2. The van der Waals surface area contributed by atoms with Crippen LogP contribution < -0.4 is 10.6 Å². The number of hydrogen-bond donors (Lipinski definition) is 3. The van der Waals surface area contributed by atoms with Crippen LogP contribution in [0.15, 0.2) is 48.5 Å². The molecule has 0 saturated heterocycles. The highest BCUT2D eigenvalue weighted by Crippen LogP contribution is 2.44. The molecule has 2 unspecified atom stereocenters. The van der Waals surface area contributed by atoms with E-state index in [-0.39, 0.29) is 36.8 Å². The van der Waals surface area contributed by atoms with Gasteiger partial charge in [-0.15, -0.1) is 0 Å². The molecule has 3 N–H and O–H groups in total. The highest BCUT2D eigenvalue weighted by atomic mass is 16.5. The van der Waals surface area contributed by atoms with Gasteiger partial charge in [-0.2, -0.15) is 0 Å². The van der Waals surface area contributed by atoms with Crippen molar-refractivity contribution in [3.63, 3.8) is 0 Å². The fourth-order valence-corrected chi connectivity index (χ4v) is 4.54. The number of aliphatic carboxylic acids is 1. The average molecular weight is 481 g/mol. The summed E-state index contributed by atoms with van der Waals surface area (Å²) in [6.45, 7) is 4.72. The van der Waals surface area contributed by atoms with Crippen molar-refractivity contribution < 1.29 is 24.2 Å². The summed E-state index contributed by atoms with van der Waals surface area (Å²) in [5.74, 6) is -0.530. The van der Waals surface area contributed by atoms with Crippen LogP contribution in [0.3, 0.4) is 0 Å². The second-order valence-electron chi connectivity index (χ2n) is 9.44. The fourth-order valence-electron chi connectivity index (χ4n) is 4.54. The van der Waals surface area contributed by atoms with Crippen molar-refractivity contribution in [1.82, 2.24) is 10.6 Å². The van der Waals surface area contributed by atoms with Crippen molar-refractivity contribution in [3.8, 4) is 11.1 Å². The largest absolute Gasteiger partial charge is 0.481 e. The Morgan fingerprint density at radius 2 is 1.54 bits per heavy atom. The molecule has 2 aromatic carbocycles. The fraction of sp³-hybridized carbons (Fsp3) is 0.464. The second kappa shape index (κ2) is 12.9. The monoisotopic (exact) mass is 480 g/mol. The van der Waals surface area contributed by atoms with E-state index in [4.69, 9.17) is 9.84 Å². The number of alkyl carbamates (subject to hydrolysis) is 1. The van der Waals surface area contributed by atoms with Gasteiger partial charge in [-0.3, -0.25) is 9.59 Å². The van der Waals surface area contributed by atoms with Gasteiger partial charge in [0.15, 0.2) is 0 Å². The van der Waals surface area contributed by atoms with E-state index < -0.39 is 12.1 Å². The molecule has 1 aliphatic rings. The predicted molar refractivity (Wildman–Crippen MR) is 135 cm³/mol. The quantitative estimate of drug-likeness (QED) is 0.370. The summed E-state index contributed by atoms with van der Waals surface area (Å²) >= 11 is 0. The van der Waals surface area contributed by atoms with Crippen molar-refractivity contribution in [2.24, 2.45) is 5.92 Å². The van der Waals surface area contributed by atoms with Crippen molar-refractivity contribution in [2.75, 3.05) is 13.2 Å². The molecule has 1 aliphatic carbocycles. The minimum absolute atomic E-state index is 0.0243. The molecular weight excluding hydrogens is 444 g/mol. The lowest BCUT2D eigenvalue weighted by Crippen LogP contribution is -2.34. The summed E-state index contributed by atoms with van der Waals surface area (Å²) in [6, 6.07) is 16.4. The van der Waals surface area contributed by atoms with E-state index in [1.165, 1.54) is 22.3 Å². The smallest absolute Gasteiger partial charge is 0.407 e. The number of carboxylic acids is 1. The minimum atomic E-state index is -0.790. The summed E-state index contributed by atoms with van der Waals surface area (Å²) in [5, 5.41) is 14.5. The van der Waals surface area contributed by atoms with Gasteiger partial charge in [0.2, 0.25) is 5.91 Å². The molecule has 0 aliphatic heterocycles. The van der Waals surface area contributed by atoms with Crippen molar-refractivity contribution >= 4 is 18.0 Å². The third-order valence-corrected chi connectivity index (χ3v) is 6.56. The second-order valence-corrected chi connectivity index (χ2v) is 9.44. The molecule has 188 valence electrons. The van der Waals surface area contributed by atoms with Gasteiger partial charge in [0.05, 0.1) is 0 Å². The van der Waals surface area contributed by atoms with Crippen LogP contribution in [0.1, 0.15) is 69.4 Å². The molecule has 2 atom stereocenters. The lowest BCUT2D eigenvalue weighted by atomic mass is 9.98. The zero-order chi connectivity index (χ0) is 25.2. The Morgan fingerprint density at radius 3 is 2.17 bits per heavy atom. The number of ether oxygens (including phenoxy) is 1. The molecule has 0 bridgehead atoms. The number of amides is 2. The van der Waals surface area contributed by atoms with Crippen LogP contribution >= 0.6 is 0 Å². The van der Waals surface area contributed by atoms with Gasteiger partial charge in [-0.05, 0) is 60.8 Å². The van der Waals surface area contributed by atoms with Gasteiger partial charge >= 0.3 is 12.1 Å². The first-order valence-corrected chi connectivity index (χ1v) is 12.4. The molecular formula is C28H36N2O5. The standard InChI is InChI=1S/C28H36N2O5/c1-19(14-15-27(32)33)16-17-29-26(31)13-7-8-20(2)30-28(34)35-18-25-23-11-5-3-9-21(23)22-10-4-6-12-24(22)25/h3-6,9-12,19-20,25H,7-8,13-18H2,1-2H3,(H,29,31)(H,30,34)(H,32,33). The first-order valence-electron chi connectivity index (χ1n) is 12.4. The molecule has 0 saturated carbocycles. The zero-order valence-electron chi connectivity index (χ0n) is 20.6. The van der Waals surface area contributed by atoms with E-state index >= 15 is 0 Å². The molecule has 0 heterocycles. The molecule has 7 nitrogen and oxygen atoms in total. The van der Waals surface area contributed by atoms with E-state index in [0.717, 1.165) is 6.42 Å². The van der Waals surface area contributed by atoms with Gasteiger partial charge in [-0.25, -0.2) is 4.79 Å². The Hall–Kier alpha value is -3.35. The number of hydrogen-bond acceptors (Lipinski definition) is 4. The molecule has 0 spiro atoms. The van der Waals surface area contributed by atoms with Crippen LogP contribution in [0.2, 0.25) is 0 Å². The van der Waals surface area contributed by atoms with E-state index in [0.29, 0.717) is 32.2 Å². The van der Waals surface area contributed by atoms with Crippen LogP contribution in [0.25, 0.3) is 11.1 Å². The van der Waals surface area contributed by atoms with E-state index in [9.17, 15) is 14.4 Å². The van der Waals surface area contributed by atoms with E-state index in [2.05, 4.69) is 34.9 Å². The molecule has 0 aromatic heterocycles. The van der Waals surface area contributed by atoms with E-state index in [1.807, 2.05) is 38.1 Å². The number of rotatable bonds is 13. The first-order chi connectivity index (χ1) is 16.8. The van der Waals surface area contributed by atoms with Crippen molar-refractivity contribution in [1.29, 1.82) is 0 Å². The molecule has 2 aromatic rings. The maximum Gasteiger partial charge on any atom is 0.407 e. The summed E-state index contributed by atoms with van der Waals surface area (Å²) in [6.07, 6.45) is 2.81. The number of nitrogens with one attached hydrogen (secondary N) is 2. The maximum absolute atomic E-state index is 12.4. The summed E-state index contributed by atoms with van der Waals surface area (Å²) < 4.78 is 5.58. The van der Waals surface area contributed by atoms with Crippen molar-refractivity contribution in [2.45, 2.75) is 64.3 Å². The number of fused-ring (bicyclic) bond motifs is 3. The Morgan fingerprint density at radius 1 is 0.914 bits per heavy atom. The molecule has 0 fully saturated rings. The van der Waals surface area contributed by atoms with Gasteiger partial charge in [-0.1, -0.05) is 55.5 Å². The van der Waals surface area contributed by atoms with E-state index in [1.54, 1.807) is 0 Å². The van der Waals surface area contributed by atoms with Gasteiger partial charge in [0.25, 0.3) is 0 Å². The van der Waals surface area contributed by atoms with Crippen LogP contribution in [0, 0.1) is 5.92 Å². The predicted octanol–water partition coefficient (Wildman–Crippen LogP) is 5.09. The maximum atomic E-state index is 12.4. The van der Waals surface area contributed by atoms with Crippen LogP contribution in [0.4, 0.5) is 4.79 Å². The highest BCUT2D eigenvalue weighted by molar-refractivity contribution is 5.79. The Kier molecular flexibility index (Phi) is 9.70. The summed E-state index contributed by atoms with van der Waals surface area (Å²) in [7, 11) is 0. The number of carbonyl (C=O) groups is 3. The Bertz CT molecular complexity index is 976. The van der Waals surface area contributed by atoms with Gasteiger partial charge in [0, 0.05) is 31.3 Å². The molecule has 3 rings (SSSR count). The molecule has 35 heavy (non-hydrogen) atoms. The topological polar surface area (TPSA) is 105 Å². The number of carboxylic acid groups (broad SMARTS) is 1. The highest BCUT2D eigenvalue weighted by Gasteiger charge is 2.29. The third kappa shape index (κ3) is 7.84. The Balaban J connectivity index is 1.33. The molecule has 2 amide bonds. The summed E-state index contributed by atoms with van der Waals surface area (Å²) in [5.41, 5.74) is 4.74. The lowest BCUT2D eigenvalue weighted by molar-refractivity contribution is -0.137. The summed E-state index contributed by atoms with van der Waals surface area (Å²) in [4.78, 5) is 35.0. The molecule has 0 radical (unpaired) electrons. The molecule has 7 heteroatoms. The zero-order valence-corrected chi connectivity index (χ0v) is 20.6. The third-order valence-electron chi connectivity index (χ3n) is 6.56. The van der Waals surface area contributed by atoms with Crippen molar-refractivity contribution in [3.05, 3.63) is 59.7 Å². The number of benzene rings is 2. The SMILES string of the molecule is CC(CCNC(=O)CCCC(C)NC(=O)OCC1c2ccccc2-c2ccccc21)CCC(=O)O. The van der Waals surface area contributed by atoms with Gasteiger partial charge in [0.1, 0.15) is 6.61 Å².